The number of ether oxygens (including phenoxy) is 2. The van der Waals surface area contributed by atoms with Gasteiger partial charge in [0.2, 0.25) is 0 Å². The van der Waals surface area contributed by atoms with Crippen LogP contribution in [0.4, 0.5) is 5.69 Å². The number of methoxy groups -OCH3 is 1. The molecule has 0 amide bonds. The Kier molecular flexibility index (Phi) is 2.97. The molecule has 4 nitrogen and oxygen atoms in total. The van der Waals surface area contributed by atoms with Gasteiger partial charge in [0.15, 0.2) is 5.75 Å². The average Bonchev–Trinajstić information content (AvgIpc) is 2.83. The molecule has 0 fully saturated rings. The lowest BCUT2D eigenvalue weighted by Gasteiger charge is -2.06. The molecule has 0 aliphatic heterocycles. The highest BCUT2D eigenvalue weighted by Gasteiger charge is 2.08. The number of para-hydroxylation sites is 1. The molecule has 3 rings (SSSR count). The first kappa shape index (κ1) is 11.8. The molecule has 1 heterocycles. The summed E-state index contributed by atoms with van der Waals surface area (Å²) < 4.78 is 11.9. The van der Waals surface area contributed by atoms with Crippen molar-refractivity contribution >= 4 is 27.2 Å². The van der Waals surface area contributed by atoms with Crippen LogP contribution in [0, 0.1) is 0 Å². The van der Waals surface area contributed by atoms with E-state index in [2.05, 4.69) is 4.98 Å². The summed E-state index contributed by atoms with van der Waals surface area (Å²) >= 11 is 1.49. The molecule has 0 bridgehead atoms. The van der Waals surface area contributed by atoms with E-state index in [1.165, 1.54) is 11.3 Å². The molecule has 0 unspecified atom stereocenters. The first-order valence-corrected chi connectivity index (χ1v) is 6.55. The van der Waals surface area contributed by atoms with Crippen LogP contribution in [-0.2, 0) is 0 Å². The molecule has 0 aliphatic carbocycles. The summed E-state index contributed by atoms with van der Waals surface area (Å²) in [5, 5.41) is 0.582. The SMILES string of the molecule is COc1ccc(Oc2nc3ccccc3s2)c(N)c1. The van der Waals surface area contributed by atoms with E-state index in [1.807, 2.05) is 24.3 Å². The van der Waals surface area contributed by atoms with Crippen molar-refractivity contribution in [1.82, 2.24) is 4.98 Å². The topological polar surface area (TPSA) is 57.4 Å². The van der Waals surface area contributed by atoms with Crippen LogP contribution in [0.25, 0.3) is 10.2 Å². The smallest absolute Gasteiger partial charge is 0.279 e. The zero-order valence-electron chi connectivity index (χ0n) is 10.3. The van der Waals surface area contributed by atoms with Gasteiger partial charge >= 0.3 is 0 Å². The molecule has 3 aromatic rings. The Balaban J connectivity index is 1.92. The second kappa shape index (κ2) is 4.78. The van der Waals surface area contributed by atoms with E-state index in [0.29, 0.717) is 22.4 Å². The van der Waals surface area contributed by atoms with Crippen molar-refractivity contribution in [3.05, 3.63) is 42.5 Å². The Hall–Kier alpha value is -2.27. The standard InChI is InChI=1S/C14H12N2O2S/c1-17-9-6-7-12(10(15)8-9)18-14-16-11-4-2-3-5-13(11)19-14/h2-8H,15H2,1H3. The van der Waals surface area contributed by atoms with Crippen LogP contribution in [0.5, 0.6) is 16.7 Å². The van der Waals surface area contributed by atoms with Gasteiger partial charge in [0, 0.05) is 6.07 Å². The van der Waals surface area contributed by atoms with Gasteiger partial charge in [-0.25, -0.2) is 4.98 Å². The fraction of sp³-hybridized carbons (Fsp3) is 0.0714. The maximum Gasteiger partial charge on any atom is 0.279 e. The van der Waals surface area contributed by atoms with E-state index in [0.717, 1.165) is 10.2 Å². The monoisotopic (exact) mass is 272 g/mol. The number of fused-ring (bicyclic) bond motifs is 1. The van der Waals surface area contributed by atoms with Gasteiger partial charge in [-0.2, -0.15) is 0 Å². The minimum Gasteiger partial charge on any atom is -0.497 e. The van der Waals surface area contributed by atoms with Crippen molar-refractivity contribution in [3.63, 3.8) is 0 Å². The number of benzene rings is 2. The first-order valence-electron chi connectivity index (χ1n) is 5.73. The van der Waals surface area contributed by atoms with Crippen molar-refractivity contribution in [2.45, 2.75) is 0 Å². The third kappa shape index (κ3) is 2.32. The first-order chi connectivity index (χ1) is 9.26. The molecule has 0 spiro atoms. The molecule has 2 N–H and O–H groups in total. The zero-order valence-corrected chi connectivity index (χ0v) is 11.1. The van der Waals surface area contributed by atoms with Crippen molar-refractivity contribution in [3.8, 4) is 16.7 Å². The lowest BCUT2D eigenvalue weighted by atomic mass is 10.3. The minimum atomic E-state index is 0.526. The van der Waals surface area contributed by atoms with E-state index in [9.17, 15) is 0 Å². The largest absolute Gasteiger partial charge is 0.497 e. The van der Waals surface area contributed by atoms with Gasteiger partial charge < -0.3 is 15.2 Å². The predicted molar refractivity (Wildman–Crippen MR) is 77.1 cm³/mol. The van der Waals surface area contributed by atoms with Crippen LogP contribution in [0.15, 0.2) is 42.5 Å². The second-order valence-electron chi connectivity index (χ2n) is 3.95. The van der Waals surface area contributed by atoms with Gasteiger partial charge in [-0.3, -0.25) is 0 Å². The normalized spacial score (nSPS) is 10.6. The number of aromatic nitrogens is 1. The van der Waals surface area contributed by atoms with Gasteiger partial charge in [0.25, 0.3) is 5.19 Å². The van der Waals surface area contributed by atoms with Crippen molar-refractivity contribution in [1.29, 1.82) is 0 Å². The Morgan fingerprint density at radius 3 is 2.74 bits per heavy atom. The van der Waals surface area contributed by atoms with Crippen molar-refractivity contribution < 1.29 is 9.47 Å². The lowest BCUT2D eigenvalue weighted by Crippen LogP contribution is -1.93. The number of thiazole rings is 1. The molecule has 96 valence electrons. The molecule has 0 aliphatic rings. The fourth-order valence-corrected chi connectivity index (χ4v) is 2.56. The summed E-state index contributed by atoms with van der Waals surface area (Å²) in [6.45, 7) is 0. The third-order valence-corrected chi connectivity index (χ3v) is 3.60. The molecule has 2 aromatic carbocycles. The van der Waals surface area contributed by atoms with Crippen LogP contribution < -0.4 is 15.2 Å². The van der Waals surface area contributed by atoms with E-state index < -0.39 is 0 Å². The Morgan fingerprint density at radius 2 is 2.00 bits per heavy atom. The van der Waals surface area contributed by atoms with Crippen LogP contribution in [0.3, 0.4) is 0 Å². The van der Waals surface area contributed by atoms with Crippen LogP contribution >= 0.6 is 11.3 Å². The predicted octanol–water partition coefficient (Wildman–Crippen LogP) is 3.68. The maximum atomic E-state index is 5.91. The highest BCUT2D eigenvalue weighted by Crippen LogP contribution is 2.34. The molecule has 0 saturated carbocycles. The van der Waals surface area contributed by atoms with Crippen LogP contribution in [-0.4, -0.2) is 12.1 Å². The van der Waals surface area contributed by atoms with E-state index in [1.54, 1.807) is 25.3 Å². The highest BCUT2D eigenvalue weighted by atomic mass is 32.1. The second-order valence-corrected chi connectivity index (χ2v) is 4.95. The summed E-state index contributed by atoms with van der Waals surface area (Å²) in [5.74, 6) is 1.29. The van der Waals surface area contributed by atoms with Gasteiger partial charge in [-0.05, 0) is 24.3 Å². The Bertz CT molecular complexity index is 691. The zero-order chi connectivity index (χ0) is 13.2. The summed E-state index contributed by atoms with van der Waals surface area (Å²) in [6, 6.07) is 13.2. The summed E-state index contributed by atoms with van der Waals surface area (Å²) in [4.78, 5) is 4.40. The number of hydrogen-bond donors (Lipinski definition) is 1. The fourth-order valence-electron chi connectivity index (χ4n) is 1.74. The average molecular weight is 272 g/mol. The molecule has 0 radical (unpaired) electrons. The van der Waals surface area contributed by atoms with Crippen LogP contribution in [0.1, 0.15) is 0 Å². The van der Waals surface area contributed by atoms with Crippen LogP contribution in [0.2, 0.25) is 0 Å². The number of hydrogen-bond acceptors (Lipinski definition) is 5. The van der Waals surface area contributed by atoms with E-state index in [4.69, 9.17) is 15.2 Å². The molecular weight excluding hydrogens is 260 g/mol. The number of nitrogens with two attached hydrogens (primary N) is 1. The molecular formula is C14H12N2O2S. The molecule has 0 saturated heterocycles. The molecule has 1 aromatic heterocycles. The summed E-state index contributed by atoms with van der Waals surface area (Å²) in [7, 11) is 1.60. The molecule has 19 heavy (non-hydrogen) atoms. The maximum absolute atomic E-state index is 5.91. The van der Waals surface area contributed by atoms with Gasteiger partial charge in [-0.1, -0.05) is 23.5 Å². The highest BCUT2D eigenvalue weighted by molar-refractivity contribution is 7.20. The minimum absolute atomic E-state index is 0.526. The van der Waals surface area contributed by atoms with Crippen molar-refractivity contribution in [2.24, 2.45) is 0 Å². The number of nitrogens with zero attached hydrogens (tertiary/aromatic N) is 1. The lowest BCUT2D eigenvalue weighted by molar-refractivity contribution is 0.413. The molecule has 0 atom stereocenters. The Morgan fingerprint density at radius 1 is 1.16 bits per heavy atom. The molecule has 5 heteroatoms. The summed E-state index contributed by atoms with van der Waals surface area (Å²) in [6.07, 6.45) is 0. The number of nitrogen functional groups attached to an aromatic ring is 1. The van der Waals surface area contributed by atoms with Gasteiger partial charge in [-0.15, -0.1) is 0 Å². The summed E-state index contributed by atoms with van der Waals surface area (Å²) in [5.41, 5.74) is 7.36. The van der Waals surface area contributed by atoms with Crippen molar-refractivity contribution in [2.75, 3.05) is 12.8 Å². The van der Waals surface area contributed by atoms with Gasteiger partial charge in [0.1, 0.15) is 5.75 Å². The van der Waals surface area contributed by atoms with E-state index >= 15 is 0 Å². The Labute approximate surface area is 114 Å². The number of anilines is 1. The van der Waals surface area contributed by atoms with Gasteiger partial charge in [0.05, 0.1) is 23.0 Å². The number of rotatable bonds is 3. The quantitative estimate of drug-likeness (QED) is 0.739. The third-order valence-electron chi connectivity index (χ3n) is 2.69. The van der Waals surface area contributed by atoms with E-state index in [-0.39, 0.29) is 0 Å².